The maximum absolute atomic E-state index is 12.1. The molecule has 32 heavy (non-hydrogen) atoms. The molecule has 1 N–H and O–H groups in total. The summed E-state index contributed by atoms with van der Waals surface area (Å²) in [6.07, 6.45) is 3.04. The molecule has 0 spiro atoms. The normalized spacial score (nSPS) is 13.5. The Labute approximate surface area is 195 Å². The van der Waals surface area contributed by atoms with E-state index in [1.807, 2.05) is 62.4 Å². The van der Waals surface area contributed by atoms with Crippen molar-refractivity contribution in [1.29, 1.82) is 0 Å². The number of hydrogen-bond acceptors (Lipinski definition) is 2. The van der Waals surface area contributed by atoms with Crippen LogP contribution < -0.4 is 10.1 Å². The number of ether oxygens (including phenoxy) is 1. The van der Waals surface area contributed by atoms with Gasteiger partial charge in [0, 0.05) is 22.2 Å². The van der Waals surface area contributed by atoms with Gasteiger partial charge in [-0.05, 0) is 71.9 Å². The van der Waals surface area contributed by atoms with Crippen LogP contribution >= 0.6 is 11.6 Å². The fourth-order valence-corrected chi connectivity index (χ4v) is 4.20. The van der Waals surface area contributed by atoms with Gasteiger partial charge in [-0.25, -0.2) is 0 Å². The number of benzene rings is 3. The van der Waals surface area contributed by atoms with Crippen LogP contribution in [0.4, 0.5) is 5.69 Å². The largest absolute Gasteiger partial charge is 0.488 e. The monoisotopic (exact) mass is 445 g/mol. The zero-order valence-electron chi connectivity index (χ0n) is 18.5. The number of rotatable bonds is 7. The van der Waals surface area contributed by atoms with Gasteiger partial charge >= 0.3 is 0 Å². The first-order valence-corrected chi connectivity index (χ1v) is 11.5. The Balaban J connectivity index is 1.66. The van der Waals surface area contributed by atoms with E-state index in [-0.39, 0.29) is 11.8 Å². The number of carbonyl (C=O) groups excluding carboxylic acids is 1. The Bertz CT molecular complexity index is 1140. The van der Waals surface area contributed by atoms with Crippen molar-refractivity contribution in [1.82, 2.24) is 0 Å². The lowest BCUT2D eigenvalue weighted by molar-refractivity contribution is -0.118. The van der Waals surface area contributed by atoms with Crippen LogP contribution in [0.1, 0.15) is 49.8 Å². The highest BCUT2D eigenvalue weighted by Crippen LogP contribution is 2.44. The molecule has 0 atom stereocenters. The van der Waals surface area contributed by atoms with Crippen LogP contribution in [0.25, 0.3) is 11.1 Å². The number of carbonyl (C=O) groups is 1. The van der Waals surface area contributed by atoms with Crippen LogP contribution in [0.2, 0.25) is 5.02 Å². The molecule has 4 heteroatoms. The third-order valence-electron chi connectivity index (χ3n) is 5.72. The highest BCUT2D eigenvalue weighted by Gasteiger charge is 2.21. The Morgan fingerprint density at radius 1 is 0.969 bits per heavy atom. The molecule has 0 aromatic heterocycles. The molecule has 0 saturated heterocycles. The molecule has 1 aliphatic rings. The van der Waals surface area contributed by atoms with Gasteiger partial charge in [0.15, 0.2) is 0 Å². The van der Waals surface area contributed by atoms with E-state index in [0.29, 0.717) is 11.6 Å². The molecule has 0 bridgehead atoms. The lowest BCUT2D eigenvalue weighted by Gasteiger charge is -2.16. The first-order chi connectivity index (χ1) is 15.5. The van der Waals surface area contributed by atoms with Crippen LogP contribution in [0, 0.1) is 5.92 Å². The molecule has 0 aliphatic heterocycles. The smallest absolute Gasteiger partial charge is 0.226 e. The van der Waals surface area contributed by atoms with E-state index in [2.05, 4.69) is 29.6 Å². The minimum Gasteiger partial charge on any atom is -0.488 e. The molecule has 164 valence electrons. The SMILES string of the molecule is CC(C)C(=O)Nc1cccc(C2=C(c3cc(Cl)ccc3OCc3ccccc3)CCC2)c1. The number of halogens is 1. The van der Waals surface area contributed by atoms with Gasteiger partial charge in [0.2, 0.25) is 5.91 Å². The summed E-state index contributed by atoms with van der Waals surface area (Å²) >= 11 is 6.39. The average Bonchev–Trinajstić information content (AvgIpc) is 3.29. The molecule has 3 aromatic carbocycles. The Hall–Kier alpha value is -3.04. The van der Waals surface area contributed by atoms with Crippen LogP contribution in [-0.2, 0) is 11.4 Å². The van der Waals surface area contributed by atoms with E-state index < -0.39 is 0 Å². The average molecular weight is 446 g/mol. The van der Waals surface area contributed by atoms with Gasteiger partial charge in [-0.1, -0.05) is 67.9 Å². The maximum Gasteiger partial charge on any atom is 0.226 e. The van der Waals surface area contributed by atoms with Crippen molar-refractivity contribution in [3.05, 3.63) is 94.5 Å². The Morgan fingerprint density at radius 2 is 1.75 bits per heavy atom. The molecule has 1 aliphatic carbocycles. The number of nitrogens with one attached hydrogen (secondary N) is 1. The van der Waals surface area contributed by atoms with Gasteiger partial charge in [-0.15, -0.1) is 0 Å². The van der Waals surface area contributed by atoms with E-state index in [0.717, 1.165) is 47.4 Å². The van der Waals surface area contributed by atoms with Gasteiger partial charge < -0.3 is 10.1 Å². The van der Waals surface area contributed by atoms with E-state index in [1.165, 1.54) is 11.1 Å². The van der Waals surface area contributed by atoms with Crippen LogP contribution in [0.3, 0.4) is 0 Å². The summed E-state index contributed by atoms with van der Waals surface area (Å²) < 4.78 is 6.23. The third-order valence-corrected chi connectivity index (χ3v) is 5.96. The molecule has 0 fully saturated rings. The molecule has 0 heterocycles. The van der Waals surface area contributed by atoms with E-state index in [1.54, 1.807) is 0 Å². The number of anilines is 1. The lowest BCUT2D eigenvalue weighted by Crippen LogP contribution is -2.17. The van der Waals surface area contributed by atoms with Crippen molar-refractivity contribution >= 4 is 34.3 Å². The summed E-state index contributed by atoms with van der Waals surface area (Å²) in [5, 5.41) is 3.71. The first-order valence-electron chi connectivity index (χ1n) is 11.1. The van der Waals surface area contributed by atoms with E-state index >= 15 is 0 Å². The van der Waals surface area contributed by atoms with Gasteiger partial charge in [0.1, 0.15) is 12.4 Å². The molecule has 0 unspecified atom stereocenters. The number of amides is 1. The molecule has 0 saturated carbocycles. The quantitative estimate of drug-likeness (QED) is 0.406. The number of hydrogen-bond donors (Lipinski definition) is 1. The molecule has 1 amide bonds. The lowest BCUT2D eigenvalue weighted by atomic mass is 9.96. The van der Waals surface area contributed by atoms with Gasteiger partial charge in [-0.2, -0.15) is 0 Å². The van der Waals surface area contributed by atoms with Crippen molar-refractivity contribution in [2.75, 3.05) is 5.32 Å². The highest BCUT2D eigenvalue weighted by atomic mass is 35.5. The van der Waals surface area contributed by atoms with Crippen LogP contribution in [0.15, 0.2) is 72.8 Å². The van der Waals surface area contributed by atoms with Crippen LogP contribution in [-0.4, -0.2) is 5.91 Å². The highest BCUT2D eigenvalue weighted by molar-refractivity contribution is 6.30. The summed E-state index contributed by atoms with van der Waals surface area (Å²) in [6, 6.07) is 24.1. The standard InChI is InChI=1S/C28H28ClNO2/c1-19(2)28(31)30-23-11-6-10-21(16-23)24-12-7-13-25(24)26-17-22(29)14-15-27(26)32-18-20-8-4-3-5-9-20/h3-6,8-11,14-17,19H,7,12-13,18H2,1-2H3,(H,30,31). The van der Waals surface area contributed by atoms with Gasteiger partial charge in [-0.3, -0.25) is 4.79 Å². The summed E-state index contributed by atoms with van der Waals surface area (Å²) in [7, 11) is 0. The summed E-state index contributed by atoms with van der Waals surface area (Å²) in [4.78, 5) is 12.1. The Morgan fingerprint density at radius 3 is 2.53 bits per heavy atom. The van der Waals surface area contributed by atoms with Crippen molar-refractivity contribution in [3.8, 4) is 5.75 Å². The predicted molar refractivity (Wildman–Crippen MR) is 133 cm³/mol. The summed E-state index contributed by atoms with van der Waals surface area (Å²) in [5.74, 6) is 0.807. The van der Waals surface area contributed by atoms with Crippen LogP contribution in [0.5, 0.6) is 5.75 Å². The predicted octanol–water partition coefficient (Wildman–Crippen LogP) is 7.61. The minimum atomic E-state index is -0.0595. The third kappa shape index (κ3) is 5.23. The van der Waals surface area contributed by atoms with Gasteiger partial charge in [0.05, 0.1) is 0 Å². The molecular weight excluding hydrogens is 418 g/mol. The summed E-state index contributed by atoms with van der Waals surface area (Å²) in [5.41, 5.74) is 6.69. The Kier molecular flexibility index (Phi) is 6.96. The second kappa shape index (κ2) is 10.1. The second-order valence-corrected chi connectivity index (χ2v) is 8.89. The molecule has 0 radical (unpaired) electrons. The molecule has 3 nitrogen and oxygen atoms in total. The van der Waals surface area contributed by atoms with Crippen molar-refractivity contribution in [2.24, 2.45) is 5.92 Å². The first kappa shape index (κ1) is 22.2. The molecular formula is C28H28ClNO2. The zero-order chi connectivity index (χ0) is 22.5. The fraction of sp³-hybridized carbons (Fsp3) is 0.250. The van der Waals surface area contributed by atoms with Crippen molar-refractivity contribution in [2.45, 2.75) is 39.7 Å². The van der Waals surface area contributed by atoms with E-state index in [4.69, 9.17) is 16.3 Å². The van der Waals surface area contributed by atoms with Crippen molar-refractivity contribution in [3.63, 3.8) is 0 Å². The van der Waals surface area contributed by atoms with E-state index in [9.17, 15) is 4.79 Å². The maximum atomic E-state index is 12.1. The topological polar surface area (TPSA) is 38.3 Å². The minimum absolute atomic E-state index is 0.0224. The molecule has 3 aromatic rings. The fourth-order valence-electron chi connectivity index (χ4n) is 4.03. The van der Waals surface area contributed by atoms with Gasteiger partial charge in [0.25, 0.3) is 0 Å². The number of allylic oxidation sites excluding steroid dienone is 2. The summed E-state index contributed by atoms with van der Waals surface area (Å²) in [6.45, 7) is 4.30. The zero-order valence-corrected chi connectivity index (χ0v) is 19.3. The molecule has 4 rings (SSSR count). The second-order valence-electron chi connectivity index (χ2n) is 8.45. The van der Waals surface area contributed by atoms with Crippen molar-refractivity contribution < 1.29 is 9.53 Å².